The van der Waals surface area contributed by atoms with E-state index in [2.05, 4.69) is 20.8 Å². The second-order valence-electron chi connectivity index (χ2n) is 4.21. The first-order chi connectivity index (χ1) is 8.18. The van der Waals surface area contributed by atoms with Crippen LogP contribution < -0.4 is 5.40 Å². The fourth-order valence-corrected chi connectivity index (χ4v) is 2.74. The third-order valence-electron chi connectivity index (χ3n) is 2.40. The zero-order valence-corrected chi connectivity index (χ0v) is 12.7. The molecule has 104 valence electrons. The molecule has 2 N–H and O–H groups in total. The van der Waals surface area contributed by atoms with Crippen molar-refractivity contribution in [1.82, 2.24) is 0 Å². The minimum Gasteiger partial charge on any atom is -0.361 e. The van der Waals surface area contributed by atoms with Crippen LogP contribution >= 0.6 is 0 Å². The van der Waals surface area contributed by atoms with Crippen LogP contribution in [0.25, 0.3) is 0 Å². The zero-order valence-electron chi connectivity index (χ0n) is 11.7. The van der Waals surface area contributed by atoms with Crippen molar-refractivity contribution in [3.63, 3.8) is 0 Å². The van der Waals surface area contributed by atoms with Gasteiger partial charge >= 0.3 is 8.97 Å². The van der Waals surface area contributed by atoms with E-state index in [0.717, 1.165) is 38.5 Å². The molecule has 0 aliphatic carbocycles. The predicted octanol–water partition coefficient (Wildman–Crippen LogP) is 2.83. The van der Waals surface area contributed by atoms with Gasteiger partial charge in [-0.25, -0.2) is 0 Å². The van der Waals surface area contributed by atoms with Crippen LogP contribution in [0.3, 0.4) is 0 Å². The topological polar surface area (TPSA) is 53.7 Å². The fourth-order valence-electron chi connectivity index (χ4n) is 1.20. The maximum absolute atomic E-state index is 6.09. The summed E-state index contributed by atoms with van der Waals surface area (Å²) in [4.78, 5) is 0. The summed E-state index contributed by atoms with van der Waals surface area (Å²) in [7, 11) is -2.86. The molecule has 0 heterocycles. The van der Waals surface area contributed by atoms with E-state index in [-0.39, 0.29) is 0 Å². The summed E-state index contributed by atoms with van der Waals surface area (Å²) in [5.41, 5.74) is 0. The van der Waals surface area contributed by atoms with Crippen LogP contribution in [-0.4, -0.2) is 28.8 Å². The van der Waals surface area contributed by atoms with Gasteiger partial charge in [0, 0.05) is 19.8 Å². The minimum atomic E-state index is -2.86. The molecule has 5 heteroatoms. The number of unbranched alkanes of at least 4 members (excludes halogenated alkanes) is 3. The highest BCUT2D eigenvalue weighted by Gasteiger charge is 2.37. The quantitative estimate of drug-likeness (QED) is 0.434. The molecule has 0 aliphatic heterocycles. The van der Waals surface area contributed by atoms with E-state index in [4.69, 9.17) is 18.7 Å². The predicted molar refractivity (Wildman–Crippen MR) is 72.5 cm³/mol. The van der Waals surface area contributed by atoms with Gasteiger partial charge in [0.1, 0.15) is 0 Å². The van der Waals surface area contributed by atoms with Gasteiger partial charge in [-0.15, -0.1) is 0 Å². The van der Waals surface area contributed by atoms with Crippen LogP contribution in [0.5, 0.6) is 0 Å². The molecule has 0 bridgehead atoms. The Balaban J connectivity index is 3.95. The van der Waals surface area contributed by atoms with Crippen LogP contribution in [0.15, 0.2) is 0 Å². The lowest BCUT2D eigenvalue weighted by molar-refractivity contribution is 0.0572. The van der Waals surface area contributed by atoms with Gasteiger partial charge in [0.2, 0.25) is 0 Å². The molecule has 0 spiro atoms. The lowest BCUT2D eigenvalue weighted by atomic mass is 10.4. The first kappa shape index (κ1) is 17.1. The highest BCUT2D eigenvalue weighted by molar-refractivity contribution is 6.56. The summed E-state index contributed by atoms with van der Waals surface area (Å²) < 4.78 is 16.9. The molecule has 0 aromatic heterocycles. The second kappa shape index (κ2) is 11.2. The van der Waals surface area contributed by atoms with Crippen molar-refractivity contribution < 1.29 is 13.3 Å². The molecule has 4 nitrogen and oxygen atoms in total. The van der Waals surface area contributed by atoms with Crippen molar-refractivity contribution in [2.45, 2.75) is 59.3 Å². The molecular formula is C12H29NO3Si. The smallest absolute Gasteiger partial charge is 0.361 e. The number of nitrogens with two attached hydrogens (primary N) is 1. The van der Waals surface area contributed by atoms with Gasteiger partial charge in [0.15, 0.2) is 0 Å². The van der Waals surface area contributed by atoms with Crippen molar-refractivity contribution >= 4 is 8.97 Å². The summed E-state index contributed by atoms with van der Waals surface area (Å²) >= 11 is 0. The molecule has 0 radical (unpaired) electrons. The summed E-state index contributed by atoms with van der Waals surface area (Å²) in [6, 6.07) is 0. The molecule has 0 aliphatic rings. The van der Waals surface area contributed by atoms with Crippen molar-refractivity contribution in [2.75, 3.05) is 19.8 Å². The molecule has 0 saturated carbocycles. The summed E-state index contributed by atoms with van der Waals surface area (Å²) in [6.45, 7) is 8.28. The van der Waals surface area contributed by atoms with Crippen LogP contribution in [-0.2, 0) is 13.3 Å². The van der Waals surface area contributed by atoms with E-state index in [1.54, 1.807) is 0 Å². The standard InChI is InChI=1S/C12H29NO3Si/c1-4-7-10-14-17(13,15-11-8-5-2)16-12-9-6-3/h4-13H2,1-3H3. The monoisotopic (exact) mass is 263 g/mol. The average molecular weight is 263 g/mol. The summed E-state index contributed by atoms with van der Waals surface area (Å²) in [6.07, 6.45) is 6.28. The lowest BCUT2D eigenvalue weighted by Crippen LogP contribution is -2.56. The van der Waals surface area contributed by atoms with Gasteiger partial charge in [-0.1, -0.05) is 40.0 Å². The Morgan fingerprint density at radius 3 is 1.24 bits per heavy atom. The first-order valence-corrected chi connectivity index (χ1v) is 8.69. The van der Waals surface area contributed by atoms with E-state index in [1.807, 2.05) is 0 Å². The molecule has 17 heavy (non-hydrogen) atoms. The third-order valence-corrected chi connectivity index (χ3v) is 4.22. The maximum Gasteiger partial charge on any atom is 0.594 e. The highest BCUT2D eigenvalue weighted by Crippen LogP contribution is 2.07. The first-order valence-electron chi connectivity index (χ1n) is 6.89. The van der Waals surface area contributed by atoms with Gasteiger partial charge < -0.3 is 13.3 Å². The van der Waals surface area contributed by atoms with Gasteiger partial charge in [-0.05, 0) is 19.3 Å². The lowest BCUT2D eigenvalue weighted by Gasteiger charge is -2.24. The Labute approximate surface area is 107 Å². The van der Waals surface area contributed by atoms with Gasteiger partial charge in [-0.3, -0.25) is 5.40 Å². The summed E-state index contributed by atoms with van der Waals surface area (Å²) in [5, 5.41) is 6.09. The summed E-state index contributed by atoms with van der Waals surface area (Å²) in [5.74, 6) is 0. The van der Waals surface area contributed by atoms with E-state index in [1.165, 1.54) is 0 Å². The van der Waals surface area contributed by atoms with Crippen molar-refractivity contribution in [3.8, 4) is 0 Å². The molecular weight excluding hydrogens is 234 g/mol. The maximum atomic E-state index is 6.09. The number of hydrogen-bond acceptors (Lipinski definition) is 4. The SMILES string of the molecule is CCCCO[Si](N)(OCCCC)OCCCC. The normalized spacial score (nSPS) is 12.0. The van der Waals surface area contributed by atoms with E-state index in [0.29, 0.717) is 19.8 Å². The van der Waals surface area contributed by atoms with Crippen molar-refractivity contribution in [1.29, 1.82) is 0 Å². The molecule has 0 aromatic carbocycles. The van der Waals surface area contributed by atoms with Gasteiger partial charge in [-0.2, -0.15) is 0 Å². The molecule has 0 fully saturated rings. The van der Waals surface area contributed by atoms with Gasteiger partial charge in [0.25, 0.3) is 0 Å². The Hall–Kier alpha value is 0.0569. The van der Waals surface area contributed by atoms with Crippen molar-refractivity contribution in [3.05, 3.63) is 0 Å². The largest absolute Gasteiger partial charge is 0.594 e. The number of rotatable bonds is 12. The zero-order chi connectivity index (χ0) is 13.0. The average Bonchev–Trinajstić information content (AvgIpc) is 2.30. The highest BCUT2D eigenvalue weighted by atomic mass is 28.4. The molecule has 0 rings (SSSR count). The van der Waals surface area contributed by atoms with Crippen LogP contribution in [0.4, 0.5) is 0 Å². The Bertz CT molecular complexity index is 143. The van der Waals surface area contributed by atoms with Crippen LogP contribution in [0.1, 0.15) is 59.3 Å². The van der Waals surface area contributed by atoms with E-state index in [9.17, 15) is 0 Å². The minimum absolute atomic E-state index is 0.636. The van der Waals surface area contributed by atoms with Gasteiger partial charge in [0.05, 0.1) is 0 Å². The van der Waals surface area contributed by atoms with E-state index >= 15 is 0 Å². The molecule has 0 unspecified atom stereocenters. The molecule has 0 atom stereocenters. The Morgan fingerprint density at radius 2 is 1.00 bits per heavy atom. The molecule has 0 saturated heterocycles. The van der Waals surface area contributed by atoms with Crippen LogP contribution in [0.2, 0.25) is 0 Å². The van der Waals surface area contributed by atoms with Crippen molar-refractivity contribution in [2.24, 2.45) is 5.40 Å². The Kier molecular flexibility index (Phi) is 11.2. The number of hydrogen-bond donors (Lipinski definition) is 1. The fraction of sp³-hybridized carbons (Fsp3) is 1.00. The Morgan fingerprint density at radius 1 is 0.706 bits per heavy atom. The molecule has 0 amide bonds. The second-order valence-corrected chi connectivity index (χ2v) is 6.28. The van der Waals surface area contributed by atoms with E-state index < -0.39 is 8.97 Å². The molecule has 0 aromatic rings. The van der Waals surface area contributed by atoms with Crippen LogP contribution in [0, 0.1) is 0 Å². The third kappa shape index (κ3) is 9.73.